The summed E-state index contributed by atoms with van der Waals surface area (Å²) in [4.78, 5) is 14.1. The lowest BCUT2D eigenvalue weighted by atomic mass is 9.91. The molecular weight excluding hydrogens is 214 g/mol. The summed E-state index contributed by atoms with van der Waals surface area (Å²) in [6.45, 7) is 4.19. The maximum absolute atomic E-state index is 11.7. The van der Waals surface area contributed by atoms with Crippen molar-refractivity contribution >= 4 is 5.91 Å². The molecule has 2 bridgehead atoms. The number of primary amides is 1. The Labute approximate surface area is 104 Å². The van der Waals surface area contributed by atoms with Crippen molar-refractivity contribution in [1.29, 1.82) is 0 Å². The molecule has 98 valence electrons. The fourth-order valence-corrected chi connectivity index (χ4v) is 3.72. The topological polar surface area (TPSA) is 58.4 Å². The van der Waals surface area contributed by atoms with Crippen molar-refractivity contribution in [1.82, 2.24) is 10.2 Å². The van der Waals surface area contributed by atoms with Crippen molar-refractivity contribution in [3.8, 4) is 0 Å². The van der Waals surface area contributed by atoms with Crippen LogP contribution in [0, 0.1) is 5.92 Å². The highest BCUT2D eigenvalue weighted by Gasteiger charge is 2.45. The molecule has 0 saturated carbocycles. The number of piperidine rings is 1. The van der Waals surface area contributed by atoms with E-state index in [0.29, 0.717) is 24.0 Å². The van der Waals surface area contributed by atoms with Crippen molar-refractivity contribution in [3.63, 3.8) is 0 Å². The molecule has 3 N–H and O–H groups in total. The highest BCUT2D eigenvalue weighted by atomic mass is 16.1. The summed E-state index contributed by atoms with van der Waals surface area (Å²) in [5, 5.41) is 3.38. The van der Waals surface area contributed by atoms with E-state index < -0.39 is 0 Å². The molecular formula is C13H25N3O. The standard InChI is InChI=1S/C13H25N3O/c1-8(2)12(13(14)17)16-10-4-5-11(16)7-9(6-10)15-3/h8-12,15H,4-7H2,1-3H3,(H2,14,17). The SMILES string of the molecule is CNC1CC2CCC(C1)N2C(C(N)=O)C(C)C. The minimum Gasteiger partial charge on any atom is -0.368 e. The van der Waals surface area contributed by atoms with Gasteiger partial charge in [0.1, 0.15) is 0 Å². The molecule has 0 aromatic carbocycles. The molecule has 0 spiro atoms. The van der Waals surface area contributed by atoms with Gasteiger partial charge in [-0.1, -0.05) is 13.8 Å². The van der Waals surface area contributed by atoms with Crippen LogP contribution in [0.5, 0.6) is 0 Å². The monoisotopic (exact) mass is 239 g/mol. The van der Waals surface area contributed by atoms with E-state index in [1.165, 1.54) is 12.8 Å². The van der Waals surface area contributed by atoms with Crippen molar-refractivity contribution in [2.24, 2.45) is 11.7 Å². The Kier molecular flexibility index (Phi) is 3.73. The second kappa shape index (κ2) is 4.94. The van der Waals surface area contributed by atoms with E-state index in [9.17, 15) is 4.79 Å². The molecule has 2 heterocycles. The van der Waals surface area contributed by atoms with Crippen LogP contribution >= 0.6 is 0 Å². The molecule has 1 amide bonds. The largest absolute Gasteiger partial charge is 0.368 e. The fourth-order valence-electron chi connectivity index (χ4n) is 3.72. The van der Waals surface area contributed by atoms with Crippen molar-refractivity contribution in [2.75, 3.05) is 7.05 Å². The zero-order valence-electron chi connectivity index (χ0n) is 11.1. The summed E-state index contributed by atoms with van der Waals surface area (Å²) in [6.07, 6.45) is 4.76. The Hall–Kier alpha value is -0.610. The lowest BCUT2D eigenvalue weighted by Crippen LogP contribution is -2.58. The number of hydrogen-bond donors (Lipinski definition) is 2. The average molecular weight is 239 g/mol. The highest BCUT2D eigenvalue weighted by Crippen LogP contribution is 2.38. The van der Waals surface area contributed by atoms with Crippen LogP contribution in [0.4, 0.5) is 0 Å². The lowest BCUT2D eigenvalue weighted by molar-refractivity contribution is -0.127. The summed E-state index contributed by atoms with van der Waals surface area (Å²) >= 11 is 0. The van der Waals surface area contributed by atoms with Crippen LogP contribution in [0.15, 0.2) is 0 Å². The molecule has 3 unspecified atom stereocenters. The lowest BCUT2D eigenvalue weighted by Gasteiger charge is -2.43. The number of hydrogen-bond acceptors (Lipinski definition) is 3. The number of nitrogens with one attached hydrogen (secondary N) is 1. The molecule has 2 fully saturated rings. The highest BCUT2D eigenvalue weighted by molar-refractivity contribution is 5.80. The smallest absolute Gasteiger partial charge is 0.235 e. The Morgan fingerprint density at radius 2 is 1.82 bits per heavy atom. The van der Waals surface area contributed by atoms with Gasteiger partial charge >= 0.3 is 0 Å². The molecule has 17 heavy (non-hydrogen) atoms. The Morgan fingerprint density at radius 1 is 1.29 bits per heavy atom. The summed E-state index contributed by atoms with van der Waals surface area (Å²) in [5.74, 6) is 0.154. The fraction of sp³-hybridized carbons (Fsp3) is 0.923. The molecule has 2 aliphatic heterocycles. The molecule has 2 rings (SSSR count). The summed E-state index contributed by atoms with van der Waals surface area (Å²) < 4.78 is 0. The Morgan fingerprint density at radius 3 is 2.18 bits per heavy atom. The van der Waals surface area contributed by atoms with Crippen LogP contribution in [-0.2, 0) is 4.79 Å². The molecule has 0 aliphatic carbocycles. The molecule has 2 aliphatic rings. The van der Waals surface area contributed by atoms with Gasteiger partial charge in [0.15, 0.2) is 0 Å². The molecule has 3 atom stereocenters. The Bertz CT molecular complexity index is 278. The van der Waals surface area contributed by atoms with E-state index in [1.54, 1.807) is 0 Å². The normalized spacial score (nSPS) is 35.2. The first kappa shape index (κ1) is 12.8. The predicted octanol–water partition coefficient (Wildman–Crippen LogP) is 0.711. The first-order chi connectivity index (χ1) is 8.04. The van der Waals surface area contributed by atoms with Crippen LogP contribution in [0.2, 0.25) is 0 Å². The predicted molar refractivity (Wildman–Crippen MR) is 68.6 cm³/mol. The first-order valence-electron chi connectivity index (χ1n) is 6.78. The number of rotatable bonds is 4. The van der Waals surface area contributed by atoms with E-state index in [-0.39, 0.29) is 11.9 Å². The van der Waals surface area contributed by atoms with Crippen LogP contribution in [0.25, 0.3) is 0 Å². The van der Waals surface area contributed by atoms with E-state index in [2.05, 4.69) is 24.1 Å². The maximum atomic E-state index is 11.7. The van der Waals surface area contributed by atoms with E-state index in [1.807, 2.05) is 7.05 Å². The maximum Gasteiger partial charge on any atom is 0.235 e. The number of amides is 1. The zero-order chi connectivity index (χ0) is 12.6. The minimum atomic E-state index is -0.153. The second-order valence-electron chi connectivity index (χ2n) is 5.88. The molecule has 2 saturated heterocycles. The third kappa shape index (κ3) is 2.33. The molecule has 0 aromatic heterocycles. The van der Waals surface area contributed by atoms with E-state index in [4.69, 9.17) is 5.73 Å². The Balaban J connectivity index is 2.14. The van der Waals surface area contributed by atoms with E-state index >= 15 is 0 Å². The molecule has 0 aromatic rings. The molecule has 0 radical (unpaired) electrons. The number of fused-ring (bicyclic) bond motifs is 2. The quantitative estimate of drug-likeness (QED) is 0.759. The molecule has 4 heteroatoms. The van der Waals surface area contributed by atoms with E-state index in [0.717, 1.165) is 12.8 Å². The summed E-state index contributed by atoms with van der Waals surface area (Å²) in [5.41, 5.74) is 5.59. The average Bonchev–Trinajstić information content (AvgIpc) is 2.50. The van der Waals surface area contributed by atoms with Crippen LogP contribution in [-0.4, -0.2) is 42.0 Å². The summed E-state index contributed by atoms with van der Waals surface area (Å²) in [6, 6.07) is 1.63. The van der Waals surface area contributed by atoms with Crippen molar-refractivity contribution in [2.45, 2.75) is 63.7 Å². The van der Waals surface area contributed by atoms with Gasteiger partial charge in [0.25, 0.3) is 0 Å². The van der Waals surface area contributed by atoms with Gasteiger partial charge in [-0.2, -0.15) is 0 Å². The van der Waals surface area contributed by atoms with Gasteiger partial charge in [0.05, 0.1) is 6.04 Å². The number of carbonyl (C=O) groups is 1. The molecule has 4 nitrogen and oxygen atoms in total. The van der Waals surface area contributed by atoms with Crippen molar-refractivity contribution < 1.29 is 4.79 Å². The van der Waals surface area contributed by atoms with Gasteiger partial charge in [-0.25, -0.2) is 0 Å². The number of nitrogens with two attached hydrogens (primary N) is 1. The minimum absolute atomic E-state index is 0.0784. The van der Waals surface area contributed by atoms with Gasteiger partial charge < -0.3 is 11.1 Å². The van der Waals surface area contributed by atoms with Gasteiger partial charge in [-0.05, 0) is 38.6 Å². The van der Waals surface area contributed by atoms with Crippen molar-refractivity contribution in [3.05, 3.63) is 0 Å². The van der Waals surface area contributed by atoms with Gasteiger partial charge in [-0.3, -0.25) is 9.69 Å². The third-order valence-electron chi connectivity index (χ3n) is 4.44. The first-order valence-corrected chi connectivity index (χ1v) is 6.78. The zero-order valence-corrected chi connectivity index (χ0v) is 11.1. The number of carbonyl (C=O) groups excluding carboxylic acids is 1. The second-order valence-corrected chi connectivity index (χ2v) is 5.88. The summed E-state index contributed by atoms with van der Waals surface area (Å²) in [7, 11) is 2.04. The van der Waals surface area contributed by atoms with Gasteiger partial charge in [0, 0.05) is 18.1 Å². The number of nitrogens with zero attached hydrogens (tertiary/aromatic N) is 1. The van der Waals surface area contributed by atoms with Gasteiger partial charge in [0.2, 0.25) is 5.91 Å². The van der Waals surface area contributed by atoms with Gasteiger partial charge in [-0.15, -0.1) is 0 Å². The van der Waals surface area contributed by atoms with Crippen LogP contribution in [0.3, 0.4) is 0 Å². The third-order valence-corrected chi connectivity index (χ3v) is 4.44. The van der Waals surface area contributed by atoms with Crippen LogP contribution < -0.4 is 11.1 Å². The van der Waals surface area contributed by atoms with Crippen LogP contribution in [0.1, 0.15) is 39.5 Å².